The van der Waals surface area contributed by atoms with Crippen LogP contribution in [0.15, 0.2) is 40.8 Å². The maximum Gasteiger partial charge on any atom is 0.136 e. The molecule has 2 heteroatoms. The Kier molecular flexibility index (Phi) is 1.77. The van der Waals surface area contributed by atoms with E-state index in [1.807, 2.05) is 30.3 Å². The van der Waals surface area contributed by atoms with Crippen molar-refractivity contribution in [3.63, 3.8) is 0 Å². The second kappa shape index (κ2) is 3.01. The lowest BCUT2D eigenvalue weighted by Crippen LogP contribution is -1.71. The minimum atomic E-state index is 0.747. The van der Waals surface area contributed by atoms with Gasteiger partial charge in [-0.05, 0) is 31.2 Å². The summed E-state index contributed by atoms with van der Waals surface area (Å²) >= 11 is 6.17. The molecule has 0 aliphatic heterocycles. The van der Waals surface area contributed by atoms with E-state index in [-0.39, 0.29) is 0 Å². The Labute approximate surface area is 92.3 Å². The highest BCUT2D eigenvalue weighted by molar-refractivity contribution is 6.37. The van der Waals surface area contributed by atoms with Gasteiger partial charge >= 0.3 is 0 Å². The summed E-state index contributed by atoms with van der Waals surface area (Å²) in [5.41, 5.74) is 2.96. The average Bonchev–Trinajstić information content (AvgIpc) is 2.57. The number of hydrogen-bond acceptors (Lipinski definition) is 1. The Hall–Kier alpha value is -1.47. The van der Waals surface area contributed by atoms with Crippen LogP contribution in [0.4, 0.5) is 0 Å². The maximum absolute atomic E-state index is 6.17. The summed E-state index contributed by atoms with van der Waals surface area (Å²) in [6, 6.07) is 11.9. The van der Waals surface area contributed by atoms with Crippen molar-refractivity contribution in [3.8, 4) is 0 Å². The van der Waals surface area contributed by atoms with Gasteiger partial charge in [0.15, 0.2) is 0 Å². The van der Waals surface area contributed by atoms with Gasteiger partial charge in [-0.1, -0.05) is 29.3 Å². The lowest BCUT2D eigenvalue weighted by atomic mass is 10.1. The molecule has 15 heavy (non-hydrogen) atoms. The molecule has 0 unspecified atom stereocenters. The first kappa shape index (κ1) is 8.81. The zero-order valence-electron chi connectivity index (χ0n) is 8.25. The average molecular weight is 217 g/mol. The number of benzene rings is 2. The summed E-state index contributed by atoms with van der Waals surface area (Å²) in [7, 11) is 0. The molecule has 0 N–H and O–H groups in total. The number of fused-ring (bicyclic) bond motifs is 3. The molecule has 0 saturated heterocycles. The van der Waals surface area contributed by atoms with Crippen molar-refractivity contribution < 1.29 is 4.42 Å². The van der Waals surface area contributed by atoms with Crippen LogP contribution in [0.1, 0.15) is 5.56 Å². The van der Waals surface area contributed by atoms with Crippen molar-refractivity contribution >= 4 is 33.5 Å². The highest BCUT2D eigenvalue weighted by Gasteiger charge is 2.09. The van der Waals surface area contributed by atoms with Crippen LogP contribution in [0.2, 0.25) is 5.02 Å². The molecule has 0 bridgehead atoms. The fourth-order valence-electron chi connectivity index (χ4n) is 1.90. The molecule has 1 aromatic heterocycles. The first-order chi connectivity index (χ1) is 7.25. The molecular weight excluding hydrogens is 208 g/mol. The summed E-state index contributed by atoms with van der Waals surface area (Å²) < 4.78 is 5.70. The number of rotatable bonds is 0. The minimum absolute atomic E-state index is 0.747. The topological polar surface area (TPSA) is 13.1 Å². The third-order valence-corrected chi connectivity index (χ3v) is 2.91. The predicted octanol–water partition coefficient (Wildman–Crippen LogP) is 4.55. The molecule has 0 aliphatic carbocycles. The summed E-state index contributed by atoms with van der Waals surface area (Å²) in [5, 5.41) is 2.85. The molecule has 3 rings (SSSR count). The number of halogens is 1. The third-order valence-electron chi connectivity index (χ3n) is 2.60. The van der Waals surface area contributed by atoms with E-state index >= 15 is 0 Å². The van der Waals surface area contributed by atoms with Gasteiger partial charge in [-0.3, -0.25) is 0 Å². The summed E-state index contributed by atoms with van der Waals surface area (Å²) in [5.74, 6) is 0. The predicted molar refractivity (Wildman–Crippen MR) is 63.5 cm³/mol. The summed E-state index contributed by atoms with van der Waals surface area (Å²) in [6.07, 6.45) is 0. The molecule has 3 aromatic rings. The quantitative estimate of drug-likeness (QED) is 0.537. The third kappa shape index (κ3) is 1.24. The normalized spacial score (nSPS) is 11.3. The molecular formula is C13H9ClO. The summed E-state index contributed by atoms with van der Waals surface area (Å²) in [4.78, 5) is 0. The first-order valence-electron chi connectivity index (χ1n) is 4.83. The standard InChI is InChI=1S/C13H9ClO/c1-8-5-6-11-9(7-8)13-10(14)3-2-4-12(13)15-11/h2-7H,1H3. The van der Waals surface area contributed by atoms with E-state index in [0.29, 0.717) is 0 Å². The van der Waals surface area contributed by atoms with E-state index in [9.17, 15) is 0 Å². The molecule has 0 fully saturated rings. The lowest BCUT2D eigenvalue weighted by molar-refractivity contribution is 0.669. The van der Waals surface area contributed by atoms with Gasteiger partial charge in [0.25, 0.3) is 0 Å². The van der Waals surface area contributed by atoms with Crippen molar-refractivity contribution in [1.29, 1.82) is 0 Å². The van der Waals surface area contributed by atoms with Crippen LogP contribution < -0.4 is 0 Å². The van der Waals surface area contributed by atoms with E-state index in [2.05, 4.69) is 13.0 Å². The number of furan rings is 1. The van der Waals surface area contributed by atoms with Crippen LogP contribution in [0.5, 0.6) is 0 Å². The van der Waals surface area contributed by atoms with Crippen LogP contribution in [0.25, 0.3) is 21.9 Å². The number of hydrogen-bond donors (Lipinski definition) is 0. The fourth-order valence-corrected chi connectivity index (χ4v) is 2.17. The molecule has 0 radical (unpaired) electrons. The highest BCUT2D eigenvalue weighted by atomic mass is 35.5. The molecule has 0 amide bonds. The van der Waals surface area contributed by atoms with Crippen LogP contribution >= 0.6 is 11.6 Å². The SMILES string of the molecule is Cc1ccc2oc3cccc(Cl)c3c2c1. The Balaban J connectivity index is 2.61. The van der Waals surface area contributed by atoms with Crippen LogP contribution in [0, 0.1) is 6.92 Å². The van der Waals surface area contributed by atoms with Crippen LogP contribution in [0.3, 0.4) is 0 Å². The minimum Gasteiger partial charge on any atom is -0.456 e. The Morgan fingerprint density at radius 1 is 1.07 bits per heavy atom. The molecule has 1 nitrogen and oxygen atoms in total. The molecule has 74 valence electrons. The molecule has 0 saturated carbocycles. The van der Waals surface area contributed by atoms with E-state index in [4.69, 9.17) is 16.0 Å². The first-order valence-corrected chi connectivity index (χ1v) is 5.21. The second-order valence-corrected chi connectivity index (χ2v) is 4.12. The number of aryl methyl sites for hydroxylation is 1. The van der Waals surface area contributed by atoms with Gasteiger partial charge < -0.3 is 4.42 Å². The zero-order chi connectivity index (χ0) is 10.4. The largest absolute Gasteiger partial charge is 0.456 e. The monoisotopic (exact) mass is 216 g/mol. The maximum atomic E-state index is 6.17. The second-order valence-electron chi connectivity index (χ2n) is 3.71. The molecule has 2 aromatic carbocycles. The van der Waals surface area contributed by atoms with Gasteiger partial charge in [0.1, 0.15) is 11.2 Å². The van der Waals surface area contributed by atoms with Gasteiger partial charge in [-0.15, -0.1) is 0 Å². The van der Waals surface area contributed by atoms with Crippen molar-refractivity contribution in [3.05, 3.63) is 47.0 Å². The highest BCUT2D eigenvalue weighted by Crippen LogP contribution is 2.33. The molecule has 0 atom stereocenters. The fraction of sp³-hybridized carbons (Fsp3) is 0.0769. The van der Waals surface area contributed by atoms with Crippen molar-refractivity contribution in [2.24, 2.45) is 0 Å². The van der Waals surface area contributed by atoms with E-state index in [1.165, 1.54) is 5.56 Å². The molecule has 0 aliphatic rings. The zero-order valence-corrected chi connectivity index (χ0v) is 9.01. The molecule has 0 spiro atoms. The Morgan fingerprint density at radius 3 is 2.80 bits per heavy atom. The van der Waals surface area contributed by atoms with Gasteiger partial charge in [-0.2, -0.15) is 0 Å². The smallest absolute Gasteiger partial charge is 0.136 e. The van der Waals surface area contributed by atoms with Gasteiger partial charge in [-0.25, -0.2) is 0 Å². The van der Waals surface area contributed by atoms with E-state index in [0.717, 1.165) is 27.0 Å². The Bertz CT molecular complexity index is 652. The van der Waals surface area contributed by atoms with Crippen LogP contribution in [-0.4, -0.2) is 0 Å². The van der Waals surface area contributed by atoms with E-state index in [1.54, 1.807) is 0 Å². The van der Waals surface area contributed by atoms with Gasteiger partial charge in [0, 0.05) is 10.8 Å². The van der Waals surface area contributed by atoms with Gasteiger partial charge in [0.2, 0.25) is 0 Å². The van der Waals surface area contributed by atoms with Crippen molar-refractivity contribution in [2.75, 3.05) is 0 Å². The lowest BCUT2D eigenvalue weighted by Gasteiger charge is -1.93. The Morgan fingerprint density at radius 2 is 1.93 bits per heavy atom. The summed E-state index contributed by atoms with van der Waals surface area (Å²) in [6.45, 7) is 2.06. The van der Waals surface area contributed by atoms with Crippen LogP contribution in [-0.2, 0) is 0 Å². The van der Waals surface area contributed by atoms with Gasteiger partial charge in [0.05, 0.1) is 5.02 Å². The van der Waals surface area contributed by atoms with Crippen molar-refractivity contribution in [2.45, 2.75) is 6.92 Å². The van der Waals surface area contributed by atoms with E-state index < -0.39 is 0 Å². The van der Waals surface area contributed by atoms with Crippen molar-refractivity contribution in [1.82, 2.24) is 0 Å². The molecule has 1 heterocycles.